The molecule has 0 aliphatic heterocycles. The van der Waals surface area contributed by atoms with Gasteiger partial charge in [0.2, 0.25) is 0 Å². The van der Waals surface area contributed by atoms with Crippen LogP contribution in [0.3, 0.4) is 0 Å². The van der Waals surface area contributed by atoms with Crippen LogP contribution in [0.1, 0.15) is 38.3 Å². The fourth-order valence-corrected chi connectivity index (χ4v) is 3.70. The molecular formula is C16H25N3S2. The third-order valence-corrected chi connectivity index (χ3v) is 4.96. The van der Waals surface area contributed by atoms with Crippen LogP contribution in [0.2, 0.25) is 0 Å². The smallest absolute Gasteiger partial charge is 0.186 e. The number of anilines is 1. The third kappa shape index (κ3) is 5.09. The Labute approximate surface area is 136 Å². The highest BCUT2D eigenvalue weighted by molar-refractivity contribution is 7.13. The lowest BCUT2D eigenvalue weighted by Gasteiger charge is -2.25. The van der Waals surface area contributed by atoms with E-state index in [4.69, 9.17) is 4.98 Å². The standard InChI is InChI=1S/C16H25N3S2/c1-12(2)8-17-9-14-11-21-16(18-14)19(13(3)4)10-15-6-5-7-20-15/h5-7,11-13,17H,8-10H2,1-4H3. The Balaban J connectivity index is 1.99. The van der Waals surface area contributed by atoms with Crippen molar-refractivity contribution in [2.75, 3.05) is 11.4 Å². The van der Waals surface area contributed by atoms with Crippen LogP contribution in [0, 0.1) is 5.92 Å². The van der Waals surface area contributed by atoms with E-state index in [9.17, 15) is 0 Å². The van der Waals surface area contributed by atoms with Crippen molar-refractivity contribution in [3.05, 3.63) is 33.5 Å². The molecule has 2 rings (SSSR count). The lowest BCUT2D eigenvalue weighted by atomic mass is 10.2. The molecule has 0 bridgehead atoms. The molecule has 2 heterocycles. The Bertz CT molecular complexity index is 517. The van der Waals surface area contributed by atoms with Gasteiger partial charge in [-0.1, -0.05) is 19.9 Å². The van der Waals surface area contributed by atoms with Crippen molar-refractivity contribution >= 4 is 27.8 Å². The quantitative estimate of drug-likeness (QED) is 0.782. The second-order valence-electron chi connectivity index (χ2n) is 5.95. The van der Waals surface area contributed by atoms with Gasteiger partial charge in [0.25, 0.3) is 0 Å². The lowest BCUT2D eigenvalue weighted by molar-refractivity contribution is 0.548. The third-order valence-electron chi connectivity index (χ3n) is 3.17. The number of rotatable bonds is 8. The maximum Gasteiger partial charge on any atom is 0.186 e. The first-order valence-corrected chi connectivity index (χ1v) is 9.26. The monoisotopic (exact) mass is 323 g/mol. The fourth-order valence-electron chi connectivity index (χ4n) is 2.04. The first-order valence-electron chi connectivity index (χ1n) is 7.50. The van der Waals surface area contributed by atoms with E-state index in [0.29, 0.717) is 12.0 Å². The first-order chi connectivity index (χ1) is 10.1. The Kier molecular flexibility index (Phi) is 6.21. The van der Waals surface area contributed by atoms with Crippen LogP contribution in [0.4, 0.5) is 5.13 Å². The van der Waals surface area contributed by atoms with Crippen molar-refractivity contribution in [2.24, 2.45) is 5.92 Å². The summed E-state index contributed by atoms with van der Waals surface area (Å²) in [6.07, 6.45) is 0. The second kappa shape index (κ2) is 7.92. The molecule has 0 fully saturated rings. The Hall–Kier alpha value is -0.910. The van der Waals surface area contributed by atoms with Gasteiger partial charge in [-0.05, 0) is 37.8 Å². The van der Waals surface area contributed by atoms with Crippen molar-refractivity contribution in [1.29, 1.82) is 0 Å². The summed E-state index contributed by atoms with van der Waals surface area (Å²) in [5.41, 5.74) is 1.15. The molecule has 2 aromatic rings. The first kappa shape index (κ1) is 16.5. The Morgan fingerprint density at radius 1 is 1.24 bits per heavy atom. The van der Waals surface area contributed by atoms with Crippen molar-refractivity contribution in [3.8, 4) is 0 Å². The zero-order chi connectivity index (χ0) is 15.2. The van der Waals surface area contributed by atoms with E-state index in [-0.39, 0.29) is 0 Å². The number of nitrogens with one attached hydrogen (secondary N) is 1. The summed E-state index contributed by atoms with van der Waals surface area (Å²) >= 11 is 3.56. The van der Waals surface area contributed by atoms with E-state index in [0.717, 1.165) is 30.5 Å². The summed E-state index contributed by atoms with van der Waals surface area (Å²) in [7, 11) is 0. The van der Waals surface area contributed by atoms with Gasteiger partial charge < -0.3 is 10.2 Å². The van der Waals surface area contributed by atoms with Gasteiger partial charge in [0.15, 0.2) is 5.13 Å². The molecule has 0 unspecified atom stereocenters. The van der Waals surface area contributed by atoms with Crippen LogP contribution >= 0.6 is 22.7 Å². The summed E-state index contributed by atoms with van der Waals surface area (Å²) in [6.45, 7) is 11.7. The van der Waals surface area contributed by atoms with E-state index < -0.39 is 0 Å². The highest BCUT2D eigenvalue weighted by Crippen LogP contribution is 2.25. The van der Waals surface area contributed by atoms with E-state index >= 15 is 0 Å². The van der Waals surface area contributed by atoms with Gasteiger partial charge in [0, 0.05) is 22.8 Å². The molecule has 0 aliphatic rings. The number of aromatic nitrogens is 1. The largest absolute Gasteiger partial charge is 0.341 e. The molecule has 5 heteroatoms. The maximum atomic E-state index is 4.80. The molecule has 0 spiro atoms. The van der Waals surface area contributed by atoms with Crippen LogP contribution in [0.15, 0.2) is 22.9 Å². The molecule has 0 radical (unpaired) electrons. The lowest BCUT2D eigenvalue weighted by Crippen LogP contribution is -2.29. The minimum Gasteiger partial charge on any atom is -0.341 e. The van der Waals surface area contributed by atoms with Crippen molar-refractivity contribution < 1.29 is 0 Å². The highest BCUT2D eigenvalue weighted by Gasteiger charge is 2.15. The van der Waals surface area contributed by atoms with Gasteiger partial charge >= 0.3 is 0 Å². The summed E-state index contributed by atoms with van der Waals surface area (Å²) in [4.78, 5) is 8.56. The van der Waals surface area contributed by atoms with E-state index in [1.54, 1.807) is 11.3 Å². The zero-order valence-electron chi connectivity index (χ0n) is 13.3. The van der Waals surface area contributed by atoms with Crippen molar-refractivity contribution in [2.45, 2.75) is 46.8 Å². The molecule has 0 amide bonds. The number of hydrogen-bond acceptors (Lipinski definition) is 5. The van der Waals surface area contributed by atoms with E-state index in [1.165, 1.54) is 4.88 Å². The SMILES string of the molecule is CC(C)CNCc1csc(N(Cc2cccs2)C(C)C)n1. The minimum absolute atomic E-state index is 0.453. The number of thiazole rings is 1. The fraction of sp³-hybridized carbons (Fsp3) is 0.562. The van der Waals surface area contributed by atoms with Gasteiger partial charge in [-0.3, -0.25) is 0 Å². The Morgan fingerprint density at radius 3 is 2.67 bits per heavy atom. The number of hydrogen-bond donors (Lipinski definition) is 1. The molecule has 0 saturated carbocycles. The predicted molar refractivity (Wildman–Crippen MR) is 94.3 cm³/mol. The van der Waals surface area contributed by atoms with Crippen LogP contribution in [-0.4, -0.2) is 17.6 Å². The highest BCUT2D eigenvalue weighted by atomic mass is 32.1. The number of nitrogens with zero attached hydrogens (tertiary/aromatic N) is 2. The Morgan fingerprint density at radius 2 is 2.05 bits per heavy atom. The molecule has 0 atom stereocenters. The van der Waals surface area contributed by atoms with Gasteiger partial charge in [0.1, 0.15) is 0 Å². The summed E-state index contributed by atoms with van der Waals surface area (Å²) in [5, 5.41) is 8.89. The van der Waals surface area contributed by atoms with E-state index in [2.05, 4.69) is 60.8 Å². The van der Waals surface area contributed by atoms with E-state index in [1.807, 2.05) is 11.3 Å². The molecule has 21 heavy (non-hydrogen) atoms. The van der Waals surface area contributed by atoms with Gasteiger partial charge in [0.05, 0.1) is 12.2 Å². The normalized spacial score (nSPS) is 11.5. The summed E-state index contributed by atoms with van der Waals surface area (Å²) < 4.78 is 0. The maximum absolute atomic E-state index is 4.80. The molecule has 2 aromatic heterocycles. The molecule has 0 aromatic carbocycles. The van der Waals surface area contributed by atoms with Crippen molar-refractivity contribution in [3.63, 3.8) is 0 Å². The molecule has 3 nitrogen and oxygen atoms in total. The van der Waals surface area contributed by atoms with Crippen LogP contribution in [0.25, 0.3) is 0 Å². The minimum atomic E-state index is 0.453. The molecule has 0 saturated heterocycles. The molecular weight excluding hydrogens is 298 g/mol. The second-order valence-corrected chi connectivity index (χ2v) is 7.82. The van der Waals surface area contributed by atoms with Crippen LogP contribution in [0.5, 0.6) is 0 Å². The average Bonchev–Trinajstić information content (AvgIpc) is 3.06. The molecule has 0 aliphatic carbocycles. The van der Waals surface area contributed by atoms with Crippen LogP contribution < -0.4 is 10.2 Å². The van der Waals surface area contributed by atoms with Gasteiger partial charge in [-0.25, -0.2) is 4.98 Å². The summed E-state index contributed by atoms with van der Waals surface area (Å²) in [5.74, 6) is 0.675. The van der Waals surface area contributed by atoms with Crippen LogP contribution in [-0.2, 0) is 13.1 Å². The zero-order valence-corrected chi connectivity index (χ0v) is 14.9. The van der Waals surface area contributed by atoms with Gasteiger partial charge in [-0.2, -0.15) is 0 Å². The summed E-state index contributed by atoms with van der Waals surface area (Å²) in [6, 6.07) is 4.76. The number of thiophene rings is 1. The predicted octanol–water partition coefficient (Wildman–Crippen LogP) is 4.37. The molecule has 116 valence electrons. The van der Waals surface area contributed by atoms with Crippen molar-refractivity contribution in [1.82, 2.24) is 10.3 Å². The van der Waals surface area contributed by atoms with Gasteiger partial charge in [-0.15, -0.1) is 22.7 Å². The topological polar surface area (TPSA) is 28.2 Å². The average molecular weight is 324 g/mol. The molecule has 1 N–H and O–H groups in total.